The second-order valence-corrected chi connectivity index (χ2v) is 10.3. The molecule has 5 unspecified atom stereocenters. The van der Waals surface area contributed by atoms with Gasteiger partial charge in [0.1, 0.15) is 24.4 Å². The van der Waals surface area contributed by atoms with Crippen LogP contribution in [0.25, 0.3) is 43.8 Å². The molecule has 10 N–H and O–H groups in total. The Hall–Kier alpha value is -5.49. The van der Waals surface area contributed by atoms with E-state index in [0.29, 0.717) is 0 Å². The molecular formula is C27H18O17. The maximum atomic E-state index is 13.5. The van der Waals surface area contributed by atoms with Crippen LogP contribution in [-0.4, -0.2) is 88.1 Å². The first kappa shape index (κ1) is 27.3. The Labute approximate surface area is 239 Å². The van der Waals surface area contributed by atoms with Crippen LogP contribution in [0.3, 0.4) is 0 Å². The summed E-state index contributed by atoms with van der Waals surface area (Å²) in [6.45, 7) is -0.860. The molecule has 0 bridgehead atoms. The number of esters is 1. The Kier molecular flexibility index (Phi) is 5.45. The molecule has 0 spiro atoms. The number of phenols is 7. The summed E-state index contributed by atoms with van der Waals surface area (Å²) in [6, 6.07) is 0.771. The van der Waals surface area contributed by atoms with Gasteiger partial charge >= 0.3 is 17.2 Å². The first-order valence-electron chi connectivity index (χ1n) is 12.6. The lowest BCUT2D eigenvalue weighted by atomic mass is 9.81. The first-order valence-corrected chi connectivity index (χ1v) is 12.6. The molecule has 0 saturated carbocycles. The van der Waals surface area contributed by atoms with E-state index in [1.807, 2.05) is 0 Å². The molecule has 2 aromatic heterocycles. The summed E-state index contributed by atoms with van der Waals surface area (Å²) in [7, 11) is 0. The van der Waals surface area contributed by atoms with Crippen molar-refractivity contribution >= 4 is 38.7 Å². The van der Waals surface area contributed by atoms with Gasteiger partial charge < -0.3 is 69.4 Å². The number of phenolic OH excluding ortho intramolecular Hbond substituents is 7. The van der Waals surface area contributed by atoms with E-state index < -0.39 is 150 Å². The molecule has 228 valence electrons. The van der Waals surface area contributed by atoms with Gasteiger partial charge in [0.25, 0.3) is 0 Å². The van der Waals surface area contributed by atoms with Gasteiger partial charge in [-0.1, -0.05) is 0 Å². The molecule has 4 heterocycles. The maximum Gasteiger partial charge on any atom is 0.345 e. The fourth-order valence-corrected chi connectivity index (χ4v) is 6.02. The fraction of sp³-hybridized carbons (Fsp3) is 0.222. The lowest BCUT2D eigenvalue weighted by Gasteiger charge is -2.44. The largest absolute Gasteiger partial charge is 0.504 e. The predicted octanol–water partition coefficient (Wildman–Crippen LogP) is -0.210. The van der Waals surface area contributed by atoms with Crippen molar-refractivity contribution in [3.63, 3.8) is 0 Å². The van der Waals surface area contributed by atoms with E-state index in [0.717, 1.165) is 6.07 Å². The molecule has 17 heteroatoms. The molecule has 17 nitrogen and oxygen atoms in total. The zero-order chi connectivity index (χ0) is 31.7. The smallest absolute Gasteiger partial charge is 0.345 e. The average Bonchev–Trinajstić information content (AvgIpc) is 2.99. The monoisotopic (exact) mass is 614 g/mol. The summed E-state index contributed by atoms with van der Waals surface area (Å²) in [5.41, 5.74) is -7.56. The second kappa shape index (κ2) is 8.77. The van der Waals surface area contributed by atoms with Crippen molar-refractivity contribution in [1.82, 2.24) is 0 Å². The van der Waals surface area contributed by atoms with Gasteiger partial charge in [-0.2, -0.15) is 0 Å². The number of aliphatic hydroxyl groups is 3. The summed E-state index contributed by atoms with van der Waals surface area (Å²) < 4.78 is 21.1. The van der Waals surface area contributed by atoms with Crippen LogP contribution in [0.5, 0.6) is 40.2 Å². The maximum absolute atomic E-state index is 13.5. The van der Waals surface area contributed by atoms with Gasteiger partial charge in [0.05, 0.1) is 22.9 Å². The Morgan fingerprint density at radius 3 is 1.98 bits per heavy atom. The molecule has 7 rings (SSSR count). The topological polar surface area (TPSA) is 298 Å². The van der Waals surface area contributed by atoms with Crippen LogP contribution in [0.1, 0.15) is 22.0 Å². The van der Waals surface area contributed by atoms with Crippen molar-refractivity contribution < 1.29 is 74.2 Å². The Bertz CT molecular complexity index is 2210. The first-order chi connectivity index (χ1) is 20.8. The number of fused-ring (bicyclic) bond motifs is 3. The predicted molar refractivity (Wildman–Crippen MR) is 140 cm³/mol. The zero-order valence-electron chi connectivity index (χ0n) is 21.5. The SMILES string of the molecule is O=C1OC2C(OC(CO)C(O)C2O)c2c(O)c(O)c(O)c(-c3c(O)c(O)c4oc(=O)c5cc(O)c(O)c6oc(=O)c3c4c65)c21. The third-order valence-electron chi connectivity index (χ3n) is 8.01. The number of hydrogen-bond acceptors (Lipinski definition) is 17. The van der Waals surface area contributed by atoms with Crippen molar-refractivity contribution in [1.29, 1.82) is 0 Å². The van der Waals surface area contributed by atoms with E-state index >= 15 is 0 Å². The fourth-order valence-electron chi connectivity index (χ4n) is 6.02. The summed E-state index contributed by atoms with van der Waals surface area (Å²) in [6.07, 6.45) is -8.59. The van der Waals surface area contributed by atoms with E-state index in [4.69, 9.17) is 18.3 Å². The number of aliphatic hydroxyl groups excluding tert-OH is 3. The van der Waals surface area contributed by atoms with E-state index in [1.54, 1.807) is 0 Å². The third kappa shape index (κ3) is 3.17. The number of rotatable bonds is 2. The number of benzene rings is 3. The highest BCUT2D eigenvalue weighted by atomic mass is 16.6. The van der Waals surface area contributed by atoms with Crippen LogP contribution in [0, 0.1) is 0 Å². The molecule has 5 aromatic rings. The summed E-state index contributed by atoms with van der Waals surface area (Å²) in [4.78, 5) is 39.6. The molecule has 1 saturated heterocycles. The van der Waals surface area contributed by atoms with Gasteiger partial charge in [0, 0.05) is 27.5 Å². The normalized spacial score (nSPS) is 23.2. The minimum Gasteiger partial charge on any atom is -0.504 e. The number of hydrogen-bond donors (Lipinski definition) is 10. The molecule has 2 aliphatic heterocycles. The van der Waals surface area contributed by atoms with Gasteiger partial charge in [0.15, 0.2) is 40.3 Å². The summed E-state index contributed by atoms with van der Waals surface area (Å²) >= 11 is 0. The molecule has 44 heavy (non-hydrogen) atoms. The number of carbonyl (C=O) groups excluding carboxylic acids is 1. The van der Waals surface area contributed by atoms with Gasteiger partial charge in [0.2, 0.25) is 17.2 Å². The van der Waals surface area contributed by atoms with Gasteiger partial charge in [-0.25, -0.2) is 14.4 Å². The highest BCUT2D eigenvalue weighted by Gasteiger charge is 2.53. The summed E-state index contributed by atoms with van der Waals surface area (Å²) in [5.74, 6) is -9.67. The lowest BCUT2D eigenvalue weighted by molar-refractivity contribution is -0.235. The highest BCUT2D eigenvalue weighted by molar-refractivity contribution is 6.26. The van der Waals surface area contributed by atoms with Gasteiger partial charge in [-0.3, -0.25) is 0 Å². The van der Waals surface area contributed by atoms with Crippen LogP contribution in [0.15, 0.2) is 24.5 Å². The van der Waals surface area contributed by atoms with Gasteiger partial charge in [-0.15, -0.1) is 0 Å². The minimum atomic E-state index is -1.88. The van der Waals surface area contributed by atoms with E-state index in [2.05, 4.69) is 0 Å². The molecule has 5 atom stereocenters. The van der Waals surface area contributed by atoms with E-state index in [-0.39, 0.29) is 0 Å². The third-order valence-corrected chi connectivity index (χ3v) is 8.01. The molecule has 0 amide bonds. The van der Waals surface area contributed by atoms with E-state index in [1.165, 1.54) is 0 Å². The van der Waals surface area contributed by atoms with Crippen molar-refractivity contribution in [2.24, 2.45) is 0 Å². The van der Waals surface area contributed by atoms with Crippen molar-refractivity contribution in [2.75, 3.05) is 6.61 Å². The molecule has 0 aliphatic carbocycles. The quantitative estimate of drug-likeness (QED) is 0.0532. The molecular weight excluding hydrogens is 596 g/mol. The molecule has 1 fully saturated rings. The van der Waals surface area contributed by atoms with Crippen LogP contribution in [0.2, 0.25) is 0 Å². The van der Waals surface area contributed by atoms with Crippen LogP contribution < -0.4 is 11.3 Å². The Morgan fingerprint density at radius 1 is 0.659 bits per heavy atom. The van der Waals surface area contributed by atoms with Crippen LogP contribution in [-0.2, 0) is 9.47 Å². The van der Waals surface area contributed by atoms with Crippen molar-refractivity contribution in [3.8, 4) is 51.4 Å². The second-order valence-electron chi connectivity index (χ2n) is 10.3. The minimum absolute atomic E-state index is 0.393. The number of ether oxygens (including phenoxy) is 2. The molecule has 0 radical (unpaired) electrons. The number of carbonyl (C=O) groups is 1. The van der Waals surface area contributed by atoms with Gasteiger partial charge in [-0.05, 0) is 6.07 Å². The van der Waals surface area contributed by atoms with Crippen LogP contribution >= 0.6 is 0 Å². The van der Waals surface area contributed by atoms with Crippen molar-refractivity contribution in [3.05, 3.63) is 38.0 Å². The summed E-state index contributed by atoms with van der Waals surface area (Å²) in [5, 5.41) is 104. The Balaban J connectivity index is 1.67. The number of aromatic hydroxyl groups is 7. The highest BCUT2D eigenvalue weighted by Crippen LogP contribution is 2.58. The lowest BCUT2D eigenvalue weighted by Crippen LogP contribution is -2.58. The standard InChI is InChI=1S/C27H18O17/c28-2-5-14(31)19(36)24-23(41-5)12-11(27(40)44-24)8(15(32)18(35)17(12)34)7-10-9-6-3(25(38)42-22(9)20(37)16(7)33)1-4(29)13(30)21(6)43-26(10)39/h1,5,14,19,23-24,28-37H,2H2. The Morgan fingerprint density at radius 2 is 1.30 bits per heavy atom. The molecule has 2 aliphatic rings. The zero-order valence-corrected chi connectivity index (χ0v) is 21.5. The van der Waals surface area contributed by atoms with Crippen molar-refractivity contribution in [2.45, 2.75) is 30.5 Å². The van der Waals surface area contributed by atoms with E-state index in [9.17, 15) is 65.4 Å². The van der Waals surface area contributed by atoms with Crippen LogP contribution in [0.4, 0.5) is 0 Å². The molecule has 3 aromatic carbocycles. The average molecular weight is 614 g/mol.